The van der Waals surface area contributed by atoms with Crippen molar-refractivity contribution < 1.29 is 9.59 Å². The topological polar surface area (TPSA) is 98.2 Å². The van der Waals surface area contributed by atoms with Crippen LogP contribution in [-0.4, -0.2) is 23.9 Å². The van der Waals surface area contributed by atoms with Crippen LogP contribution >= 0.6 is 0 Å². The Morgan fingerprint density at radius 3 is 2.57 bits per heavy atom. The second-order valence-corrected chi connectivity index (χ2v) is 3.09. The molecule has 0 fully saturated rings. The smallest absolute Gasteiger partial charge is 0.238 e. The summed E-state index contributed by atoms with van der Waals surface area (Å²) in [6, 6.07) is -1.04. The predicted octanol–water partition coefficient (Wildman–Crippen LogP) is -1.28. The van der Waals surface area contributed by atoms with E-state index in [-0.39, 0.29) is 24.8 Å². The molecule has 2 atom stereocenters. The summed E-state index contributed by atoms with van der Waals surface area (Å²) < 4.78 is 0. The molecule has 5 N–H and O–H groups in total. The van der Waals surface area contributed by atoms with E-state index >= 15 is 0 Å². The maximum atomic E-state index is 11.2. The van der Waals surface area contributed by atoms with Crippen LogP contribution in [0.4, 0.5) is 0 Å². The van der Waals surface area contributed by atoms with Gasteiger partial charge < -0.3 is 16.8 Å². The van der Waals surface area contributed by atoms with E-state index < -0.39 is 11.9 Å². The first-order valence-electron chi connectivity index (χ1n) is 4.25. The number of primary amides is 1. The van der Waals surface area contributed by atoms with Gasteiger partial charge in [-0.25, -0.2) is 0 Å². The van der Waals surface area contributed by atoms with Crippen LogP contribution in [0.15, 0.2) is 0 Å². The molecule has 5 nitrogen and oxygen atoms in total. The Kier molecular flexibility index (Phi) is 5.34. The number of carbonyl (C=O) groups excluding carboxylic acids is 2. The molecule has 14 heavy (non-hydrogen) atoms. The van der Waals surface area contributed by atoms with Crippen molar-refractivity contribution in [2.24, 2.45) is 11.5 Å². The number of hydrogen-bond donors (Lipinski definition) is 3. The molecule has 0 radical (unpaired) electrons. The first-order valence-corrected chi connectivity index (χ1v) is 4.25. The maximum absolute atomic E-state index is 11.2. The van der Waals surface area contributed by atoms with Crippen molar-refractivity contribution in [1.29, 1.82) is 0 Å². The summed E-state index contributed by atoms with van der Waals surface area (Å²) in [6.45, 7) is 1.67. The van der Waals surface area contributed by atoms with Crippen LogP contribution in [0, 0.1) is 12.3 Å². The van der Waals surface area contributed by atoms with Gasteiger partial charge in [-0.2, -0.15) is 0 Å². The lowest BCUT2D eigenvalue weighted by molar-refractivity contribution is -0.123. The average molecular weight is 197 g/mol. The van der Waals surface area contributed by atoms with E-state index in [0.717, 1.165) is 0 Å². The number of carbonyl (C=O) groups is 2. The van der Waals surface area contributed by atoms with E-state index in [1.54, 1.807) is 6.92 Å². The Bertz CT molecular complexity index is 257. The minimum absolute atomic E-state index is 0.0918. The van der Waals surface area contributed by atoms with Crippen molar-refractivity contribution in [1.82, 2.24) is 5.32 Å². The second-order valence-electron chi connectivity index (χ2n) is 3.09. The third kappa shape index (κ3) is 5.17. The molecule has 0 aliphatic rings. The molecule has 78 valence electrons. The molecule has 5 heteroatoms. The van der Waals surface area contributed by atoms with Crippen LogP contribution in [0.2, 0.25) is 0 Å². The summed E-state index contributed by atoms with van der Waals surface area (Å²) >= 11 is 0. The van der Waals surface area contributed by atoms with Crippen LogP contribution in [0.5, 0.6) is 0 Å². The SMILES string of the molecule is C#CCC(N)C(=O)NC(C)CC(N)=O. The second kappa shape index (κ2) is 6.00. The zero-order valence-electron chi connectivity index (χ0n) is 8.12. The standard InChI is InChI=1S/C9H15N3O2/c1-3-4-7(10)9(14)12-6(2)5-8(11)13/h1,6-7H,4-5,10H2,2H3,(H2,11,13)(H,12,14). The molecule has 0 saturated heterocycles. The highest BCUT2D eigenvalue weighted by molar-refractivity contribution is 5.83. The van der Waals surface area contributed by atoms with Crippen molar-refractivity contribution in [2.75, 3.05) is 0 Å². The molecule has 0 saturated carbocycles. The van der Waals surface area contributed by atoms with E-state index in [1.165, 1.54) is 0 Å². The monoisotopic (exact) mass is 197 g/mol. The quantitative estimate of drug-likeness (QED) is 0.478. The van der Waals surface area contributed by atoms with Gasteiger partial charge in [-0.05, 0) is 6.92 Å². The summed E-state index contributed by atoms with van der Waals surface area (Å²) in [5, 5.41) is 2.54. The Morgan fingerprint density at radius 2 is 2.14 bits per heavy atom. The fourth-order valence-corrected chi connectivity index (χ4v) is 0.922. The lowest BCUT2D eigenvalue weighted by Crippen LogP contribution is -2.45. The van der Waals surface area contributed by atoms with Crippen LogP contribution in [0.1, 0.15) is 19.8 Å². The van der Waals surface area contributed by atoms with Crippen LogP contribution < -0.4 is 16.8 Å². The van der Waals surface area contributed by atoms with Gasteiger partial charge in [0.15, 0.2) is 0 Å². The summed E-state index contributed by atoms with van der Waals surface area (Å²) in [7, 11) is 0. The van der Waals surface area contributed by atoms with Gasteiger partial charge in [0.2, 0.25) is 11.8 Å². The number of hydrogen-bond acceptors (Lipinski definition) is 3. The van der Waals surface area contributed by atoms with Gasteiger partial charge in [0.25, 0.3) is 0 Å². The number of rotatable bonds is 5. The average Bonchev–Trinajstić information content (AvgIpc) is 2.02. The van der Waals surface area contributed by atoms with E-state index in [0.29, 0.717) is 0 Å². The van der Waals surface area contributed by atoms with Gasteiger partial charge in [-0.15, -0.1) is 12.3 Å². The molecular formula is C9H15N3O2. The predicted molar refractivity (Wildman–Crippen MR) is 52.8 cm³/mol. The Balaban J connectivity index is 3.94. The van der Waals surface area contributed by atoms with Crippen molar-refractivity contribution in [3.8, 4) is 12.3 Å². The van der Waals surface area contributed by atoms with Crippen molar-refractivity contribution in [3.63, 3.8) is 0 Å². The van der Waals surface area contributed by atoms with Crippen LogP contribution in [0.3, 0.4) is 0 Å². The van der Waals surface area contributed by atoms with E-state index in [1.807, 2.05) is 0 Å². The van der Waals surface area contributed by atoms with Crippen molar-refractivity contribution >= 4 is 11.8 Å². The first kappa shape index (κ1) is 12.5. The van der Waals surface area contributed by atoms with Gasteiger partial charge in [-0.1, -0.05) is 0 Å². The van der Waals surface area contributed by atoms with Crippen LogP contribution in [-0.2, 0) is 9.59 Å². The molecule has 2 unspecified atom stereocenters. The highest BCUT2D eigenvalue weighted by Gasteiger charge is 2.15. The lowest BCUT2D eigenvalue weighted by atomic mass is 10.2. The maximum Gasteiger partial charge on any atom is 0.238 e. The lowest BCUT2D eigenvalue weighted by Gasteiger charge is -2.14. The molecular weight excluding hydrogens is 182 g/mol. The summed E-state index contributed by atoms with van der Waals surface area (Å²) in [4.78, 5) is 21.7. The summed E-state index contributed by atoms with van der Waals surface area (Å²) in [5.41, 5.74) is 10.4. The Hall–Kier alpha value is -1.54. The normalized spacial score (nSPS) is 13.8. The zero-order valence-corrected chi connectivity index (χ0v) is 8.12. The van der Waals surface area contributed by atoms with E-state index in [9.17, 15) is 9.59 Å². The molecule has 0 aromatic rings. The fourth-order valence-electron chi connectivity index (χ4n) is 0.922. The summed E-state index contributed by atoms with van der Waals surface area (Å²) in [6.07, 6.45) is 5.26. The Morgan fingerprint density at radius 1 is 1.57 bits per heavy atom. The molecule has 0 rings (SSSR count). The highest BCUT2D eigenvalue weighted by Crippen LogP contribution is 1.92. The molecule has 0 aromatic carbocycles. The fraction of sp³-hybridized carbons (Fsp3) is 0.556. The largest absolute Gasteiger partial charge is 0.370 e. The van der Waals surface area contributed by atoms with Crippen molar-refractivity contribution in [3.05, 3.63) is 0 Å². The number of amides is 2. The minimum Gasteiger partial charge on any atom is -0.370 e. The van der Waals surface area contributed by atoms with Gasteiger partial charge in [0.1, 0.15) is 0 Å². The Labute approximate surface area is 83.2 Å². The molecule has 0 spiro atoms. The van der Waals surface area contributed by atoms with Gasteiger partial charge in [-0.3, -0.25) is 9.59 Å². The minimum atomic E-state index is -0.727. The molecule has 0 aromatic heterocycles. The summed E-state index contributed by atoms with van der Waals surface area (Å²) in [5.74, 6) is 1.45. The van der Waals surface area contributed by atoms with Gasteiger partial charge in [0.05, 0.1) is 6.04 Å². The molecule has 0 heterocycles. The highest BCUT2D eigenvalue weighted by atomic mass is 16.2. The number of nitrogens with one attached hydrogen (secondary N) is 1. The third-order valence-corrected chi connectivity index (χ3v) is 1.57. The van der Waals surface area contributed by atoms with Gasteiger partial charge >= 0.3 is 0 Å². The third-order valence-electron chi connectivity index (χ3n) is 1.57. The number of nitrogens with two attached hydrogens (primary N) is 2. The number of terminal acetylenes is 1. The molecule has 2 amide bonds. The van der Waals surface area contributed by atoms with E-state index in [2.05, 4.69) is 11.2 Å². The molecule has 0 aliphatic heterocycles. The van der Waals surface area contributed by atoms with E-state index in [4.69, 9.17) is 17.9 Å². The van der Waals surface area contributed by atoms with Gasteiger partial charge in [0, 0.05) is 18.9 Å². The molecule has 0 bridgehead atoms. The van der Waals surface area contributed by atoms with Crippen molar-refractivity contribution in [2.45, 2.75) is 31.8 Å². The zero-order chi connectivity index (χ0) is 11.1. The van der Waals surface area contributed by atoms with Crippen LogP contribution in [0.25, 0.3) is 0 Å². The molecule has 0 aliphatic carbocycles. The first-order chi connectivity index (χ1) is 6.47.